The minimum Gasteiger partial charge on any atom is -0.494 e. The predicted molar refractivity (Wildman–Crippen MR) is 89.0 cm³/mol. The second-order valence-corrected chi connectivity index (χ2v) is 5.45. The summed E-state index contributed by atoms with van der Waals surface area (Å²) in [5, 5.41) is 3.44. The van der Waals surface area contributed by atoms with Gasteiger partial charge in [0, 0.05) is 11.6 Å². The summed E-state index contributed by atoms with van der Waals surface area (Å²) in [6.45, 7) is 7.01. The largest absolute Gasteiger partial charge is 0.494 e. The van der Waals surface area contributed by atoms with Gasteiger partial charge in [-0.25, -0.2) is 0 Å². The van der Waals surface area contributed by atoms with E-state index in [1.54, 1.807) is 0 Å². The Bertz CT molecular complexity index is 592. The molecule has 2 nitrogen and oxygen atoms in total. The summed E-state index contributed by atoms with van der Waals surface area (Å²) in [6.07, 6.45) is 0.965. The molecular weight excluding hydrogens is 258 g/mol. The lowest BCUT2D eigenvalue weighted by molar-refractivity contribution is 0.332. The van der Waals surface area contributed by atoms with Crippen molar-refractivity contribution in [2.75, 3.05) is 13.7 Å². The van der Waals surface area contributed by atoms with Gasteiger partial charge in [0.1, 0.15) is 5.75 Å². The highest BCUT2D eigenvalue weighted by Crippen LogP contribution is 2.29. The molecule has 0 heterocycles. The van der Waals surface area contributed by atoms with Crippen molar-refractivity contribution in [3.8, 4) is 5.75 Å². The van der Waals surface area contributed by atoms with Gasteiger partial charge in [-0.2, -0.15) is 0 Å². The lowest BCUT2D eigenvalue weighted by atomic mass is 9.94. The lowest BCUT2D eigenvalue weighted by Crippen LogP contribution is -2.20. The van der Waals surface area contributed by atoms with Crippen molar-refractivity contribution in [1.82, 2.24) is 5.32 Å². The van der Waals surface area contributed by atoms with Gasteiger partial charge >= 0.3 is 0 Å². The van der Waals surface area contributed by atoms with E-state index in [9.17, 15) is 0 Å². The van der Waals surface area contributed by atoms with Crippen LogP contribution in [0.2, 0.25) is 0 Å². The summed E-state index contributed by atoms with van der Waals surface area (Å²) < 4.78 is 5.80. The third-order valence-corrected chi connectivity index (χ3v) is 3.87. The third-order valence-electron chi connectivity index (χ3n) is 3.87. The molecule has 21 heavy (non-hydrogen) atoms. The zero-order chi connectivity index (χ0) is 15.2. The molecule has 0 fully saturated rings. The van der Waals surface area contributed by atoms with E-state index in [0.717, 1.165) is 12.2 Å². The highest BCUT2D eigenvalue weighted by Gasteiger charge is 2.16. The Morgan fingerprint density at radius 1 is 1.10 bits per heavy atom. The number of aryl methyl sites for hydroxylation is 2. The fraction of sp³-hybridized carbons (Fsp3) is 0.368. The van der Waals surface area contributed by atoms with Gasteiger partial charge in [0.25, 0.3) is 0 Å². The predicted octanol–water partition coefficient (Wildman–Crippen LogP) is 4.21. The average Bonchev–Trinajstić information content (AvgIpc) is 2.49. The van der Waals surface area contributed by atoms with Crippen LogP contribution >= 0.6 is 0 Å². The van der Waals surface area contributed by atoms with Crippen molar-refractivity contribution in [3.63, 3.8) is 0 Å². The van der Waals surface area contributed by atoms with Gasteiger partial charge in [-0.1, -0.05) is 42.0 Å². The fourth-order valence-corrected chi connectivity index (χ4v) is 2.65. The SMILES string of the molecule is CCOc1ccc(C)cc1C(Cc1ccccc1C)NC. The van der Waals surface area contributed by atoms with Crippen LogP contribution in [0.5, 0.6) is 5.75 Å². The topological polar surface area (TPSA) is 21.3 Å². The molecule has 2 aromatic carbocycles. The first-order chi connectivity index (χ1) is 10.2. The molecule has 0 aromatic heterocycles. The van der Waals surface area contributed by atoms with Crippen LogP contribution in [0.3, 0.4) is 0 Å². The van der Waals surface area contributed by atoms with E-state index < -0.39 is 0 Å². The maximum absolute atomic E-state index is 5.80. The Morgan fingerprint density at radius 2 is 1.86 bits per heavy atom. The first-order valence-corrected chi connectivity index (χ1v) is 7.60. The quantitative estimate of drug-likeness (QED) is 0.857. The molecule has 0 bridgehead atoms. The molecule has 0 spiro atoms. The molecule has 2 aromatic rings. The molecule has 1 atom stereocenters. The standard InChI is InChI=1S/C19H25NO/c1-5-21-19-11-10-14(2)12-17(19)18(20-4)13-16-9-7-6-8-15(16)3/h6-12,18,20H,5,13H2,1-4H3. The monoisotopic (exact) mass is 283 g/mol. The van der Waals surface area contributed by atoms with Crippen LogP contribution in [0.25, 0.3) is 0 Å². The number of benzene rings is 2. The lowest BCUT2D eigenvalue weighted by Gasteiger charge is -2.21. The Hall–Kier alpha value is -1.80. The molecule has 0 aliphatic carbocycles. The molecule has 0 radical (unpaired) electrons. The third kappa shape index (κ3) is 3.85. The molecule has 0 saturated heterocycles. The molecule has 112 valence electrons. The zero-order valence-electron chi connectivity index (χ0n) is 13.4. The van der Waals surface area contributed by atoms with Gasteiger partial charge in [0.15, 0.2) is 0 Å². The first-order valence-electron chi connectivity index (χ1n) is 7.60. The number of hydrogen-bond donors (Lipinski definition) is 1. The highest BCUT2D eigenvalue weighted by molar-refractivity contribution is 5.40. The number of rotatable bonds is 6. The maximum Gasteiger partial charge on any atom is 0.124 e. The zero-order valence-corrected chi connectivity index (χ0v) is 13.4. The van der Waals surface area contributed by atoms with Crippen LogP contribution in [0.1, 0.15) is 35.2 Å². The van der Waals surface area contributed by atoms with Crippen LogP contribution in [0, 0.1) is 13.8 Å². The van der Waals surface area contributed by atoms with E-state index in [0.29, 0.717) is 6.61 Å². The van der Waals surface area contributed by atoms with Crippen LogP contribution < -0.4 is 10.1 Å². The Morgan fingerprint density at radius 3 is 2.52 bits per heavy atom. The molecule has 2 rings (SSSR count). The second kappa shape index (κ2) is 7.28. The van der Waals surface area contributed by atoms with E-state index in [-0.39, 0.29) is 6.04 Å². The summed E-state index contributed by atoms with van der Waals surface area (Å²) in [4.78, 5) is 0. The van der Waals surface area contributed by atoms with Crippen molar-refractivity contribution in [3.05, 3.63) is 64.7 Å². The van der Waals surface area contributed by atoms with Crippen molar-refractivity contribution < 1.29 is 4.74 Å². The van der Waals surface area contributed by atoms with E-state index >= 15 is 0 Å². The van der Waals surface area contributed by atoms with Crippen LogP contribution in [-0.4, -0.2) is 13.7 Å². The van der Waals surface area contributed by atoms with Crippen LogP contribution in [0.15, 0.2) is 42.5 Å². The molecule has 2 heteroatoms. The Kier molecular flexibility index (Phi) is 5.40. The molecule has 0 aliphatic heterocycles. The first kappa shape index (κ1) is 15.6. The summed E-state index contributed by atoms with van der Waals surface area (Å²) in [6, 6.07) is 15.2. The van der Waals surface area contributed by atoms with Crippen molar-refractivity contribution in [2.24, 2.45) is 0 Å². The van der Waals surface area contributed by atoms with Gasteiger partial charge in [-0.3, -0.25) is 0 Å². The summed E-state index contributed by atoms with van der Waals surface area (Å²) in [5.74, 6) is 0.982. The van der Waals surface area contributed by atoms with Gasteiger partial charge in [-0.05, 0) is 51.4 Å². The molecular formula is C19H25NO. The normalized spacial score (nSPS) is 12.2. The van der Waals surface area contributed by atoms with Gasteiger partial charge in [0.2, 0.25) is 0 Å². The number of hydrogen-bond acceptors (Lipinski definition) is 2. The Labute approximate surface area is 128 Å². The van der Waals surface area contributed by atoms with Crippen LogP contribution in [-0.2, 0) is 6.42 Å². The van der Waals surface area contributed by atoms with Crippen molar-refractivity contribution >= 4 is 0 Å². The minimum atomic E-state index is 0.257. The fourth-order valence-electron chi connectivity index (χ4n) is 2.65. The average molecular weight is 283 g/mol. The maximum atomic E-state index is 5.80. The van der Waals surface area contributed by atoms with Crippen LogP contribution in [0.4, 0.5) is 0 Å². The molecule has 0 saturated carbocycles. The molecule has 0 amide bonds. The smallest absolute Gasteiger partial charge is 0.124 e. The molecule has 0 aliphatic rings. The summed E-state index contributed by atoms with van der Waals surface area (Å²) in [5.41, 5.74) is 5.21. The van der Waals surface area contributed by atoms with Gasteiger partial charge in [0.05, 0.1) is 6.61 Å². The number of likely N-dealkylation sites (N-methyl/N-ethyl adjacent to an activating group) is 1. The van der Waals surface area contributed by atoms with Gasteiger partial charge < -0.3 is 10.1 Å². The Balaban J connectivity index is 2.33. The van der Waals surface area contributed by atoms with Crippen molar-refractivity contribution in [2.45, 2.75) is 33.2 Å². The van der Waals surface area contributed by atoms with E-state index in [4.69, 9.17) is 4.74 Å². The van der Waals surface area contributed by atoms with Crippen molar-refractivity contribution in [1.29, 1.82) is 0 Å². The van der Waals surface area contributed by atoms with E-state index in [1.807, 2.05) is 14.0 Å². The number of nitrogens with one attached hydrogen (secondary N) is 1. The van der Waals surface area contributed by atoms with E-state index in [2.05, 4.69) is 61.6 Å². The molecule has 1 unspecified atom stereocenters. The highest BCUT2D eigenvalue weighted by atomic mass is 16.5. The summed E-state index contributed by atoms with van der Waals surface area (Å²) in [7, 11) is 2.01. The van der Waals surface area contributed by atoms with E-state index in [1.165, 1.54) is 22.3 Å². The van der Waals surface area contributed by atoms with Gasteiger partial charge in [-0.15, -0.1) is 0 Å². The summed E-state index contributed by atoms with van der Waals surface area (Å²) >= 11 is 0. The number of ether oxygens (including phenoxy) is 1. The molecule has 1 N–H and O–H groups in total. The minimum absolute atomic E-state index is 0.257. The second-order valence-electron chi connectivity index (χ2n) is 5.45.